The fourth-order valence-electron chi connectivity index (χ4n) is 4.27. The van der Waals surface area contributed by atoms with Gasteiger partial charge < -0.3 is 9.67 Å². The summed E-state index contributed by atoms with van der Waals surface area (Å²) in [5.41, 5.74) is 7.60. The molecule has 0 radical (unpaired) electrons. The Morgan fingerprint density at radius 3 is 2.52 bits per heavy atom. The molecule has 0 amide bonds. The first-order chi connectivity index (χ1) is 16.0. The van der Waals surface area contributed by atoms with Gasteiger partial charge in [0.25, 0.3) is 5.56 Å². The highest BCUT2D eigenvalue weighted by atomic mass is 35.5. The first kappa shape index (κ1) is 21.3. The van der Waals surface area contributed by atoms with Crippen LogP contribution in [0.4, 0.5) is 0 Å². The topological polar surface area (TPSA) is 67.5 Å². The van der Waals surface area contributed by atoms with Crippen molar-refractivity contribution in [2.24, 2.45) is 4.99 Å². The van der Waals surface area contributed by atoms with Gasteiger partial charge in [-0.05, 0) is 65.6 Å². The van der Waals surface area contributed by atoms with Gasteiger partial charge in [0.2, 0.25) is 0 Å². The number of halogens is 1. The molecule has 1 atom stereocenters. The number of fused-ring (bicyclic) bond motifs is 1. The van der Waals surface area contributed by atoms with Crippen LogP contribution in [-0.4, -0.2) is 27.0 Å². The predicted molar refractivity (Wildman–Crippen MR) is 131 cm³/mol. The molecular formula is C27H22ClN3O2. The van der Waals surface area contributed by atoms with Crippen LogP contribution < -0.4 is 5.56 Å². The molecule has 0 spiro atoms. The number of nitrogens with zero attached hydrogens (tertiary/aromatic N) is 3. The summed E-state index contributed by atoms with van der Waals surface area (Å²) in [7, 11) is 0. The molecule has 5 rings (SSSR count). The van der Waals surface area contributed by atoms with E-state index in [-0.39, 0.29) is 12.2 Å². The second-order valence-corrected chi connectivity index (χ2v) is 8.57. The number of aliphatic imine (C=N–C) groups is 1. The average Bonchev–Trinajstić information content (AvgIpc) is 3.25. The number of pyridine rings is 2. The maximum absolute atomic E-state index is 13.0. The van der Waals surface area contributed by atoms with Crippen LogP contribution in [-0.2, 0) is 6.54 Å². The Labute approximate surface area is 196 Å². The number of aromatic nitrogens is 2. The van der Waals surface area contributed by atoms with Gasteiger partial charge in [-0.15, -0.1) is 0 Å². The van der Waals surface area contributed by atoms with E-state index >= 15 is 0 Å². The van der Waals surface area contributed by atoms with E-state index in [4.69, 9.17) is 16.6 Å². The number of hydrogen-bond donors (Lipinski definition) is 1. The van der Waals surface area contributed by atoms with Gasteiger partial charge in [0.05, 0.1) is 24.9 Å². The highest BCUT2D eigenvalue weighted by molar-refractivity contribution is 6.30. The fourth-order valence-corrected chi connectivity index (χ4v) is 4.40. The zero-order valence-electron chi connectivity index (χ0n) is 18.1. The van der Waals surface area contributed by atoms with Gasteiger partial charge in [-0.1, -0.05) is 35.9 Å². The molecular weight excluding hydrogens is 434 g/mol. The molecule has 0 unspecified atom stereocenters. The second-order valence-electron chi connectivity index (χ2n) is 8.13. The largest absolute Gasteiger partial charge is 0.394 e. The lowest BCUT2D eigenvalue weighted by Crippen LogP contribution is -2.26. The maximum Gasteiger partial charge on any atom is 0.251 e. The molecule has 5 nitrogen and oxygen atoms in total. The lowest BCUT2D eigenvalue weighted by Gasteiger charge is -2.18. The molecule has 1 aliphatic rings. The monoisotopic (exact) mass is 455 g/mol. The van der Waals surface area contributed by atoms with Crippen LogP contribution >= 0.6 is 11.6 Å². The van der Waals surface area contributed by atoms with Crippen LogP contribution in [0.2, 0.25) is 5.02 Å². The van der Waals surface area contributed by atoms with E-state index in [1.54, 1.807) is 35.2 Å². The van der Waals surface area contributed by atoms with Crippen LogP contribution in [0, 0.1) is 6.92 Å². The Morgan fingerprint density at radius 1 is 1.00 bits per heavy atom. The molecule has 0 saturated heterocycles. The van der Waals surface area contributed by atoms with Crippen molar-refractivity contribution in [3.8, 4) is 11.1 Å². The molecule has 1 N–H and O–H groups in total. The summed E-state index contributed by atoms with van der Waals surface area (Å²) in [5, 5.41) is 10.6. The molecule has 2 aromatic heterocycles. The Hall–Kier alpha value is -3.54. The summed E-state index contributed by atoms with van der Waals surface area (Å²) in [6.45, 7) is 2.42. The van der Waals surface area contributed by atoms with Crippen molar-refractivity contribution in [2.75, 3.05) is 6.61 Å². The van der Waals surface area contributed by atoms with Crippen LogP contribution in [0.25, 0.3) is 11.1 Å². The third-order valence-corrected chi connectivity index (χ3v) is 6.24. The van der Waals surface area contributed by atoms with Gasteiger partial charge in [0, 0.05) is 40.3 Å². The summed E-state index contributed by atoms with van der Waals surface area (Å²) in [6.07, 6.45) is 3.54. The second kappa shape index (κ2) is 8.77. The molecule has 6 heteroatoms. The number of benzene rings is 2. The molecule has 4 aromatic rings. The molecule has 1 aliphatic heterocycles. The molecule has 0 fully saturated rings. The van der Waals surface area contributed by atoms with E-state index < -0.39 is 6.04 Å². The van der Waals surface area contributed by atoms with E-state index in [9.17, 15) is 9.90 Å². The third kappa shape index (κ3) is 4.13. The first-order valence-electron chi connectivity index (χ1n) is 10.7. The standard InChI is InChI=1S/C27H22ClN3O2/c1-17-12-21(8-10-29-17)27-24-13-19(2-3-22(24)15-30-27)20-9-11-31(26(33)14-20)25(16-32)18-4-6-23(28)7-5-18/h2-14,25,32H,15-16H2,1H3/t25-/m1/s1. The Balaban J connectivity index is 1.49. The van der Waals surface area contributed by atoms with E-state index in [1.165, 1.54) is 5.56 Å². The smallest absolute Gasteiger partial charge is 0.251 e. The Kier molecular flexibility index (Phi) is 5.67. The summed E-state index contributed by atoms with van der Waals surface area (Å²) >= 11 is 5.98. The van der Waals surface area contributed by atoms with Crippen molar-refractivity contribution >= 4 is 17.3 Å². The van der Waals surface area contributed by atoms with Crippen LogP contribution in [0.5, 0.6) is 0 Å². The van der Waals surface area contributed by atoms with Gasteiger partial charge in [0.15, 0.2) is 0 Å². The zero-order chi connectivity index (χ0) is 22.9. The summed E-state index contributed by atoms with van der Waals surface area (Å²) < 4.78 is 1.55. The van der Waals surface area contributed by atoms with E-state index in [0.717, 1.165) is 39.2 Å². The molecule has 0 bridgehead atoms. The van der Waals surface area contributed by atoms with Crippen molar-refractivity contribution in [3.05, 3.63) is 122 Å². The molecule has 164 valence electrons. The number of rotatable bonds is 5. The molecule has 33 heavy (non-hydrogen) atoms. The van der Waals surface area contributed by atoms with Gasteiger partial charge >= 0.3 is 0 Å². The Morgan fingerprint density at radius 2 is 1.79 bits per heavy atom. The lowest BCUT2D eigenvalue weighted by atomic mass is 9.95. The van der Waals surface area contributed by atoms with Gasteiger partial charge in [-0.25, -0.2) is 0 Å². The van der Waals surface area contributed by atoms with E-state index in [1.807, 2.05) is 43.3 Å². The summed E-state index contributed by atoms with van der Waals surface area (Å²) in [4.78, 5) is 22.0. The highest BCUT2D eigenvalue weighted by Crippen LogP contribution is 2.29. The molecule has 2 aromatic carbocycles. The van der Waals surface area contributed by atoms with E-state index in [0.29, 0.717) is 11.6 Å². The highest BCUT2D eigenvalue weighted by Gasteiger charge is 2.19. The van der Waals surface area contributed by atoms with Crippen molar-refractivity contribution in [3.63, 3.8) is 0 Å². The quantitative estimate of drug-likeness (QED) is 0.469. The molecule has 0 aliphatic carbocycles. The maximum atomic E-state index is 13.0. The predicted octanol–water partition coefficient (Wildman–Crippen LogP) is 4.80. The van der Waals surface area contributed by atoms with Crippen LogP contribution in [0.15, 0.2) is 88.9 Å². The van der Waals surface area contributed by atoms with E-state index in [2.05, 4.69) is 17.1 Å². The number of aryl methyl sites for hydroxylation is 1. The van der Waals surface area contributed by atoms with Gasteiger partial charge in [0.1, 0.15) is 0 Å². The van der Waals surface area contributed by atoms with Crippen molar-refractivity contribution in [1.82, 2.24) is 9.55 Å². The van der Waals surface area contributed by atoms with Gasteiger partial charge in [-0.3, -0.25) is 14.8 Å². The molecule has 0 saturated carbocycles. The molecule has 3 heterocycles. The van der Waals surface area contributed by atoms with Crippen LogP contribution in [0.1, 0.15) is 34.0 Å². The zero-order valence-corrected chi connectivity index (χ0v) is 18.8. The average molecular weight is 456 g/mol. The first-order valence-corrected chi connectivity index (χ1v) is 11.1. The Bertz CT molecular complexity index is 1420. The minimum atomic E-state index is -0.475. The van der Waals surface area contributed by atoms with Crippen molar-refractivity contribution in [1.29, 1.82) is 0 Å². The fraction of sp³-hybridized carbons (Fsp3) is 0.148. The van der Waals surface area contributed by atoms with Crippen molar-refractivity contribution in [2.45, 2.75) is 19.5 Å². The number of aliphatic hydroxyl groups is 1. The minimum absolute atomic E-state index is 0.180. The van der Waals surface area contributed by atoms with Crippen LogP contribution in [0.3, 0.4) is 0 Å². The van der Waals surface area contributed by atoms with Crippen molar-refractivity contribution < 1.29 is 5.11 Å². The normalized spacial score (nSPS) is 13.5. The summed E-state index contributed by atoms with van der Waals surface area (Å²) in [5.74, 6) is 0. The number of hydrogen-bond acceptors (Lipinski definition) is 4. The summed E-state index contributed by atoms with van der Waals surface area (Å²) in [6, 6.07) is 20.4. The minimum Gasteiger partial charge on any atom is -0.394 e. The SMILES string of the molecule is Cc1cc(C2=NCc3ccc(-c4ccn([C@H](CO)c5ccc(Cl)cc5)c(=O)c4)cc32)ccn1. The lowest BCUT2D eigenvalue weighted by molar-refractivity contribution is 0.247. The third-order valence-electron chi connectivity index (χ3n) is 5.99. The number of aliphatic hydroxyl groups excluding tert-OH is 1. The van der Waals surface area contributed by atoms with Gasteiger partial charge in [-0.2, -0.15) is 0 Å².